The summed E-state index contributed by atoms with van der Waals surface area (Å²) in [6.45, 7) is 1.11. The number of benzene rings is 2. The van der Waals surface area contributed by atoms with Crippen molar-refractivity contribution in [3.8, 4) is 11.5 Å². The summed E-state index contributed by atoms with van der Waals surface area (Å²) in [5, 5.41) is 37.7. The van der Waals surface area contributed by atoms with Gasteiger partial charge in [0.05, 0.1) is 24.7 Å². The van der Waals surface area contributed by atoms with Gasteiger partial charge < -0.3 is 39.0 Å². The van der Waals surface area contributed by atoms with E-state index in [4.69, 9.17) is 19.7 Å². The van der Waals surface area contributed by atoms with Gasteiger partial charge >= 0.3 is 118 Å². The van der Waals surface area contributed by atoms with Gasteiger partial charge in [-0.2, -0.15) is 23.3 Å². The number of aliphatic hydroxyl groups is 4. The summed E-state index contributed by atoms with van der Waals surface area (Å²) in [5.41, 5.74) is -5.06. The largest absolute Gasteiger partial charge is 1.00 e. The second kappa shape index (κ2) is 19.5. The molecule has 0 bridgehead atoms. The van der Waals surface area contributed by atoms with Crippen molar-refractivity contribution in [2.24, 2.45) is 0 Å². The maximum atomic E-state index is 11.1. The molecule has 2 aromatic rings. The van der Waals surface area contributed by atoms with E-state index in [0.717, 1.165) is 12.1 Å². The average molecular weight is 596 g/mol. The number of aliphatic hydroxyl groups excluding tert-OH is 4. The molecule has 0 aromatic heterocycles. The van der Waals surface area contributed by atoms with Crippen molar-refractivity contribution in [3.05, 3.63) is 71.9 Å². The van der Waals surface area contributed by atoms with E-state index in [1.54, 1.807) is 0 Å². The molecule has 0 aliphatic carbocycles. The van der Waals surface area contributed by atoms with Gasteiger partial charge in [-0.25, -0.2) is 16.8 Å². The Labute approximate surface area is 303 Å². The molecule has 0 amide bonds. The van der Waals surface area contributed by atoms with E-state index < -0.39 is 31.1 Å². The monoisotopic (exact) mass is 596 g/mol. The van der Waals surface area contributed by atoms with Crippen molar-refractivity contribution in [1.82, 2.24) is 0 Å². The van der Waals surface area contributed by atoms with Gasteiger partial charge in [-0.05, 0) is 0 Å². The smallest absolute Gasteiger partial charge is 0.746 e. The third-order valence-corrected chi connectivity index (χ3v) is 5.86. The SMILES string of the molecule is O=S(=O)([O-])C(O)c1ccc([CH-]O)cc1OCCCOc1cc([CH-]O)ccc1C(O)S(=O)(=O)[O-].[Na+].[Na+].[Na+].[Na+]. The maximum absolute atomic E-state index is 11.1. The fourth-order valence-electron chi connectivity index (χ4n) is 2.65. The van der Waals surface area contributed by atoms with Gasteiger partial charge in [0, 0.05) is 17.5 Å². The van der Waals surface area contributed by atoms with Crippen LogP contribution in [0.4, 0.5) is 0 Å². The summed E-state index contributed by atoms with van der Waals surface area (Å²) in [4.78, 5) is 0. The molecule has 0 saturated heterocycles. The first-order valence-corrected chi connectivity index (χ1v) is 12.1. The summed E-state index contributed by atoms with van der Waals surface area (Å²) in [6, 6.07) is 7.09. The molecule has 0 aliphatic rings. The molecule has 0 heterocycles. The summed E-state index contributed by atoms with van der Waals surface area (Å²) in [5.74, 6) is -0.370. The van der Waals surface area contributed by atoms with Crippen LogP contribution < -0.4 is 128 Å². The Bertz CT molecular complexity index is 1090. The molecule has 0 aliphatic heterocycles. The first kappa shape index (κ1) is 42.9. The summed E-state index contributed by atoms with van der Waals surface area (Å²) >= 11 is 0. The molecular weight excluding hydrogens is 576 g/mol. The Balaban J connectivity index is -0.00000289. The summed E-state index contributed by atoms with van der Waals surface area (Å²) in [6.07, 6.45) is 0.0967. The Kier molecular flexibility index (Phi) is 22.7. The summed E-state index contributed by atoms with van der Waals surface area (Å²) in [7, 11) is -10.2. The van der Waals surface area contributed by atoms with Gasteiger partial charge in [0.15, 0.2) is 10.9 Å². The van der Waals surface area contributed by atoms with Crippen molar-refractivity contribution < 1.29 is 174 Å². The molecule has 2 atom stereocenters. The molecule has 184 valence electrons. The van der Waals surface area contributed by atoms with Gasteiger partial charge in [0.2, 0.25) is 0 Å². The predicted molar refractivity (Wildman–Crippen MR) is 108 cm³/mol. The molecule has 4 N–H and O–H groups in total. The molecule has 0 radical (unpaired) electrons. The number of hydrogen-bond acceptors (Lipinski definition) is 12. The third kappa shape index (κ3) is 13.3. The Morgan fingerprint density at radius 3 is 1.30 bits per heavy atom. The van der Waals surface area contributed by atoms with Crippen LogP contribution in [0.25, 0.3) is 0 Å². The minimum Gasteiger partial charge on any atom is -0.746 e. The molecule has 2 aromatic carbocycles. The van der Waals surface area contributed by atoms with Crippen LogP contribution in [0.1, 0.15) is 39.5 Å². The standard InChI is InChI=1S/C19H22O12S2.4Na/c20-10-12-2-4-14(18(22)32(24,25)26)16(8-12)30-6-1-7-31-17-9-13(11-21)3-5-15(17)19(23)33(27,28)29;;;;/h2-5,8-11,18-23H,1,6-7H2,(H,24,25,26)(H,27,28,29);;;;/q-2;4*+1/p-2. The van der Waals surface area contributed by atoms with Crippen LogP contribution in [0, 0.1) is 13.2 Å². The van der Waals surface area contributed by atoms with Crippen LogP contribution in [0.15, 0.2) is 36.4 Å². The van der Waals surface area contributed by atoms with E-state index in [1.165, 1.54) is 24.3 Å². The number of ether oxygens (including phenoxy) is 2. The van der Waals surface area contributed by atoms with E-state index in [9.17, 15) is 36.2 Å². The zero-order valence-electron chi connectivity index (χ0n) is 20.8. The second-order valence-electron chi connectivity index (χ2n) is 6.59. The Hall–Kier alpha value is 1.44. The van der Waals surface area contributed by atoms with Crippen LogP contribution in [0.5, 0.6) is 11.5 Å². The zero-order valence-corrected chi connectivity index (χ0v) is 30.4. The number of rotatable bonds is 12. The van der Waals surface area contributed by atoms with Crippen LogP contribution in [0.2, 0.25) is 0 Å². The maximum Gasteiger partial charge on any atom is 1.00 e. The zero-order chi connectivity index (χ0) is 24.8. The van der Waals surface area contributed by atoms with E-state index >= 15 is 0 Å². The quantitative estimate of drug-likeness (QED) is 0.0778. The molecule has 0 fully saturated rings. The van der Waals surface area contributed by atoms with Crippen LogP contribution >= 0.6 is 0 Å². The minimum absolute atomic E-state index is 0. The van der Waals surface area contributed by atoms with Gasteiger partial charge in [-0.15, -0.1) is 24.3 Å². The number of hydrogen-bond donors (Lipinski definition) is 4. The van der Waals surface area contributed by atoms with E-state index in [1.807, 2.05) is 0 Å². The molecule has 0 spiro atoms. The molecular formula is C19H20Na4O12S2. The van der Waals surface area contributed by atoms with Gasteiger partial charge in [-0.3, -0.25) is 0 Å². The molecule has 2 rings (SSSR count). The molecule has 18 heteroatoms. The van der Waals surface area contributed by atoms with E-state index in [0.29, 0.717) is 13.2 Å². The summed E-state index contributed by atoms with van der Waals surface area (Å²) < 4.78 is 77.6. The van der Waals surface area contributed by atoms with Gasteiger partial charge in [-0.1, -0.05) is 13.2 Å². The predicted octanol–water partition coefficient (Wildman–Crippen LogP) is -11.6. The third-order valence-electron chi connectivity index (χ3n) is 4.26. The van der Waals surface area contributed by atoms with Crippen molar-refractivity contribution in [2.75, 3.05) is 13.2 Å². The first-order valence-electron chi connectivity index (χ1n) is 9.12. The minimum atomic E-state index is -5.09. The Morgan fingerprint density at radius 1 is 0.703 bits per heavy atom. The van der Waals surface area contributed by atoms with Crippen LogP contribution in [-0.2, 0) is 20.2 Å². The van der Waals surface area contributed by atoms with Crippen molar-refractivity contribution >= 4 is 20.2 Å². The normalized spacial score (nSPS) is 12.3. The Morgan fingerprint density at radius 2 is 1.03 bits per heavy atom. The van der Waals surface area contributed by atoms with Crippen molar-refractivity contribution in [1.29, 1.82) is 0 Å². The van der Waals surface area contributed by atoms with Crippen LogP contribution in [0.3, 0.4) is 0 Å². The van der Waals surface area contributed by atoms with Crippen LogP contribution in [-0.4, -0.2) is 59.6 Å². The fraction of sp³-hybridized carbons (Fsp3) is 0.263. The fourth-order valence-corrected chi connectivity index (χ4v) is 3.67. The van der Waals surface area contributed by atoms with E-state index in [2.05, 4.69) is 0 Å². The molecule has 2 unspecified atom stereocenters. The first-order chi connectivity index (χ1) is 15.4. The van der Waals surface area contributed by atoms with Crippen molar-refractivity contribution in [2.45, 2.75) is 17.3 Å². The average Bonchev–Trinajstić information content (AvgIpc) is 2.76. The van der Waals surface area contributed by atoms with Gasteiger partial charge in [0.1, 0.15) is 20.2 Å². The van der Waals surface area contributed by atoms with E-state index in [-0.39, 0.29) is 172 Å². The molecule has 37 heavy (non-hydrogen) atoms. The van der Waals surface area contributed by atoms with Gasteiger partial charge in [0.25, 0.3) is 0 Å². The molecule has 12 nitrogen and oxygen atoms in total. The molecule has 0 saturated carbocycles. The topological polar surface area (TPSA) is 214 Å². The second-order valence-corrected chi connectivity index (χ2v) is 9.46. The van der Waals surface area contributed by atoms with Crippen molar-refractivity contribution in [3.63, 3.8) is 0 Å².